The standard InChI is InChI=1S/C18H14O3/c1-2-16(13-8-4-3-5-9-13)20-18-12-15(19)14-10-6-7-11-17(14)21-18/h2-12H,1H3/b16-2+. The van der Waals surface area contributed by atoms with E-state index in [-0.39, 0.29) is 11.4 Å². The third-order valence-electron chi connectivity index (χ3n) is 3.14. The van der Waals surface area contributed by atoms with Crippen LogP contribution < -0.4 is 10.2 Å². The normalized spacial score (nSPS) is 11.6. The molecule has 21 heavy (non-hydrogen) atoms. The largest absolute Gasteiger partial charge is 0.426 e. The second-order valence-electron chi connectivity index (χ2n) is 4.55. The second kappa shape index (κ2) is 5.67. The Morgan fingerprint density at radius 3 is 2.52 bits per heavy atom. The van der Waals surface area contributed by atoms with Crippen LogP contribution in [0.25, 0.3) is 16.7 Å². The molecule has 3 nitrogen and oxygen atoms in total. The molecule has 0 aliphatic heterocycles. The maximum absolute atomic E-state index is 12.0. The number of allylic oxidation sites excluding steroid dienone is 1. The highest BCUT2D eigenvalue weighted by Crippen LogP contribution is 2.23. The van der Waals surface area contributed by atoms with Crippen molar-refractivity contribution in [3.63, 3.8) is 0 Å². The summed E-state index contributed by atoms with van der Waals surface area (Å²) >= 11 is 0. The fraction of sp³-hybridized carbons (Fsp3) is 0.0556. The Morgan fingerprint density at radius 2 is 1.76 bits per heavy atom. The fourth-order valence-electron chi connectivity index (χ4n) is 2.13. The van der Waals surface area contributed by atoms with E-state index in [0.717, 1.165) is 5.56 Å². The molecular formula is C18H14O3. The van der Waals surface area contributed by atoms with Crippen molar-refractivity contribution in [2.24, 2.45) is 0 Å². The maximum atomic E-state index is 12.0. The first-order chi connectivity index (χ1) is 10.3. The van der Waals surface area contributed by atoms with Gasteiger partial charge in [-0.2, -0.15) is 0 Å². The van der Waals surface area contributed by atoms with E-state index >= 15 is 0 Å². The van der Waals surface area contributed by atoms with Gasteiger partial charge >= 0.3 is 0 Å². The van der Waals surface area contributed by atoms with E-state index < -0.39 is 0 Å². The van der Waals surface area contributed by atoms with Crippen LogP contribution in [0.2, 0.25) is 0 Å². The topological polar surface area (TPSA) is 39.4 Å². The van der Waals surface area contributed by atoms with Crippen LogP contribution in [-0.2, 0) is 0 Å². The lowest BCUT2D eigenvalue weighted by molar-refractivity contribution is 0.372. The first kappa shape index (κ1) is 13.2. The summed E-state index contributed by atoms with van der Waals surface area (Å²) < 4.78 is 11.4. The number of fused-ring (bicyclic) bond motifs is 1. The summed E-state index contributed by atoms with van der Waals surface area (Å²) in [6, 6.07) is 18.2. The Labute approximate surface area is 122 Å². The number of ether oxygens (including phenoxy) is 1. The molecule has 0 saturated heterocycles. The summed E-state index contributed by atoms with van der Waals surface area (Å²) in [4.78, 5) is 12.0. The molecule has 0 radical (unpaired) electrons. The van der Waals surface area contributed by atoms with Gasteiger partial charge in [0.05, 0.1) is 11.5 Å². The molecule has 0 atom stereocenters. The third kappa shape index (κ3) is 2.72. The fourth-order valence-corrected chi connectivity index (χ4v) is 2.13. The molecule has 0 bridgehead atoms. The lowest BCUT2D eigenvalue weighted by atomic mass is 10.2. The molecule has 3 aromatic rings. The van der Waals surface area contributed by atoms with Crippen molar-refractivity contribution in [1.29, 1.82) is 0 Å². The first-order valence-corrected chi connectivity index (χ1v) is 6.70. The second-order valence-corrected chi connectivity index (χ2v) is 4.55. The van der Waals surface area contributed by atoms with Crippen molar-refractivity contribution in [2.75, 3.05) is 0 Å². The minimum absolute atomic E-state index is 0.115. The summed E-state index contributed by atoms with van der Waals surface area (Å²) in [6.45, 7) is 1.88. The van der Waals surface area contributed by atoms with E-state index in [1.807, 2.05) is 49.4 Å². The van der Waals surface area contributed by atoms with Crippen LogP contribution >= 0.6 is 0 Å². The zero-order valence-corrected chi connectivity index (χ0v) is 11.6. The molecule has 0 saturated carbocycles. The molecule has 0 unspecified atom stereocenters. The number of rotatable bonds is 3. The van der Waals surface area contributed by atoms with Crippen molar-refractivity contribution < 1.29 is 9.15 Å². The number of hydrogen-bond donors (Lipinski definition) is 0. The van der Waals surface area contributed by atoms with Gasteiger partial charge in [0, 0.05) is 5.56 Å². The van der Waals surface area contributed by atoms with Gasteiger partial charge < -0.3 is 9.15 Å². The van der Waals surface area contributed by atoms with Crippen LogP contribution in [0.4, 0.5) is 0 Å². The molecule has 0 fully saturated rings. The summed E-state index contributed by atoms with van der Waals surface area (Å²) in [7, 11) is 0. The van der Waals surface area contributed by atoms with Gasteiger partial charge in [0.2, 0.25) is 0 Å². The van der Waals surface area contributed by atoms with Crippen LogP contribution in [0, 0.1) is 0 Å². The minimum Gasteiger partial charge on any atom is -0.426 e. The van der Waals surface area contributed by atoms with Crippen molar-refractivity contribution >= 4 is 16.7 Å². The van der Waals surface area contributed by atoms with E-state index in [1.54, 1.807) is 18.2 Å². The lowest BCUT2D eigenvalue weighted by Gasteiger charge is -2.09. The van der Waals surface area contributed by atoms with Gasteiger partial charge in [-0.25, -0.2) is 0 Å². The van der Waals surface area contributed by atoms with Gasteiger partial charge in [-0.1, -0.05) is 42.5 Å². The van der Waals surface area contributed by atoms with Crippen LogP contribution in [0.1, 0.15) is 12.5 Å². The minimum atomic E-state index is -0.115. The Hall–Kier alpha value is -2.81. The van der Waals surface area contributed by atoms with Crippen molar-refractivity contribution in [3.8, 4) is 5.95 Å². The molecule has 2 aromatic carbocycles. The Bertz CT molecular complexity index is 845. The quantitative estimate of drug-likeness (QED) is 0.673. The van der Waals surface area contributed by atoms with E-state index in [4.69, 9.17) is 9.15 Å². The van der Waals surface area contributed by atoms with Gasteiger partial charge in [-0.05, 0) is 25.1 Å². The Balaban J connectivity index is 2.00. The number of para-hydroxylation sites is 1. The molecular weight excluding hydrogens is 264 g/mol. The summed E-state index contributed by atoms with van der Waals surface area (Å²) in [5.41, 5.74) is 1.33. The average molecular weight is 278 g/mol. The molecule has 0 amide bonds. The van der Waals surface area contributed by atoms with Crippen molar-refractivity contribution in [2.45, 2.75) is 6.92 Å². The van der Waals surface area contributed by atoms with Gasteiger partial charge in [0.1, 0.15) is 11.3 Å². The SMILES string of the molecule is C/C=C(/Oc1cc(=O)c2ccccc2o1)c1ccccc1. The van der Waals surface area contributed by atoms with E-state index in [0.29, 0.717) is 16.7 Å². The highest BCUT2D eigenvalue weighted by atomic mass is 16.6. The summed E-state index contributed by atoms with van der Waals surface area (Å²) in [6.07, 6.45) is 1.84. The maximum Gasteiger partial charge on any atom is 0.294 e. The predicted molar refractivity (Wildman–Crippen MR) is 83.2 cm³/mol. The number of benzene rings is 2. The predicted octanol–water partition coefficient (Wildman–Crippen LogP) is 4.23. The highest BCUT2D eigenvalue weighted by Gasteiger charge is 2.08. The molecule has 0 aliphatic rings. The lowest BCUT2D eigenvalue weighted by Crippen LogP contribution is -2.02. The molecule has 1 heterocycles. The van der Waals surface area contributed by atoms with Crippen LogP contribution in [0.3, 0.4) is 0 Å². The van der Waals surface area contributed by atoms with Crippen LogP contribution in [-0.4, -0.2) is 0 Å². The average Bonchev–Trinajstić information content (AvgIpc) is 2.53. The van der Waals surface area contributed by atoms with Crippen molar-refractivity contribution in [1.82, 2.24) is 0 Å². The molecule has 0 aliphatic carbocycles. The van der Waals surface area contributed by atoms with E-state index in [2.05, 4.69) is 0 Å². The van der Waals surface area contributed by atoms with Crippen molar-refractivity contribution in [3.05, 3.63) is 82.5 Å². The zero-order chi connectivity index (χ0) is 14.7. The first-order valence-electron chi connectivity index (χ1n) is 6.70. The summed E-state index contributed by atoms with van der Waals surface area (Å²) in [5.74, 6) is 0.838. The Morgan fingerprint density at radius 1 is 1.05 bits per heavy atom. The smallest absolute Gasteiger partial charge is 0.294 e. The molecule has 0 N–H and O–H groups in total. The summed E-state index contributed by atoms with van der Waals surface area (Å²) in [5, 5.41) is 0.548. The highest BCUT2D eigenvalue weighted by molar-refractivity contribution is 5.76. The number of hydrogen-bond acceptors (Lipinski definition) is 3. The molecule has 104 valence electrons. The van der Waals surface area contributed by atoms with Crippen LogP contribution in [0.15, 0.2) is 76.0 Å². The van der Waals surface area contributed by atoms with Crippen LogP contribution in [0.5, 0.6) is 5.95 Å². The van der Waals surface area contributed by atoms with Gasteiger partial charge in [-0.15, -0.1) is 0 Å². The van der Waals surface area contributed by atoms with Gasteiger partial charge in [-0.3, -0.25) is 4.79 Å². The molecule has 1 aromatic heterocycles. The monoisotopic (exact) mass is 278 g/mol. The third-order valence-corrected chi connectivity index (χ3v) is 3.14. The van der Waals surface area contributed by atoms with Gasteiger partial charge in [0.15, 0.2) is 5.43 Å². The zero-order valence-electron chi connectivity index (χ0n) is 11.6. The van der Waals surface area contributed by atoms with E-state index in [1.165, 1.54) is 6.07 Å². The molecule has 3 heteroatoms. The van der Waals surface area contributed by atoms with Gasteiger partial charge in [0.25, 0.3) is 5.95 Å². The Kier molecular flexibility index (Phi) is 3.56. The molecule has 3 rings (SSSR count). The molecule has 0 spiro atoms. The van der Waals surface area contributed by atoms with E-state index in [9.17, 15) is 4.79 Å².